The van der Waals surface area contributed by atoms with Crippen molar-refractivity contribution in [2.45, 2.75) is 24.0 Å². The lowest BCUT2D eigenvalue weighted by Gasteiger charge is -2.06. The SMILES string of the molecule is CCc1ccc(S(=O)(=O)NCCc2ccc(Cl)cc2Cl)s1. The fourth-order valence-electron chi connectivity index (χ4n) is 1.81. The van der Waals surface area contributed by atoms with Crippen LogP contribution in [0.5, 0.6) is 0 Å². The Morgan fingerprint density at radius 2 is 1.95 bits per heavy atom. The Morgan fingerprint density at radius 3 is 2.57 bits per heavy atom. The lowest BCUT2D eigenvalue weighted by molar-refractivity contribution is 0.584. The highest BCUT2D eigenvalue weighted by atomic mass is 35.5. The van der Waals surface area contributed by atoms with Gasteiger partial charge in [0.2, 0.25) is 10.0 Å². The molecule has 114 valence electrons. The van der Waals surface area contributed by atoms with Crippen LogP contribution in [0.1, 0.15) is 17.4 Å². The van der Waals surface area contributed by atoms with Crippen molar-refractivity contribution in [2.24, 2.45) is 0 Å². The first kappa shape index (κ1) is 16.8. The zero-order valence-corrected chi connectivity index (χ0v) is 14.5. The van der Waals surface area contributed by atoms with Gasteiger partial charge in [-0.05, 0) is 42.7 Å². The topological polar surface area (TPSA) is 46.2 Å². The van der Waals surface area contributed by atoms with E-state index in [1.807, 2.05) is 13.0 Å². The third-order valence-corrected chi connectivity index (χ3v) is 6.72. The van der Waals surface area contributed by atoms with E-state index in [-0.39, 0.29) is 0 Å². The maximum Gasteiger partial charge on any atom is 0.250 e. The number of hydrogen-bond donors (Lipinski definition) is 1. The second-order valence-electron chi connectivity index (χ2n) is 4.46. The molecule has 0 saturated carbocycles. The van der Waals surface area contributed by atoms with Crippen LogP contribution in [-0.4, -0.2) is 15.0 Å². The molecule has 0 spiro atoms. The Hall–Kier alpha value is -0.590. The third kappa shape index (κ3) is 4.44. The Morgan fingerprint density at radius 1 is 1.19 bits per heavy atom. The Labute approximate surface area is 139 Å². The van der Waals surface area contributed by atoms with Gasteiger partial charge in [0, 0.05) is 21.5 Å². The summed E-state index contributed by atoms with van der Waals surface area (Å²) < 4.78 is 27.2. The van der Waals surface area contributed by atoms with Gasteiger partial charge in [-0.2, -0.15) is 0 Å². The van der Waals surface area contributed by atoms with Gasteiger partial charge in [-0.3, -0.25) is 0 Å². The van der Waals surface area contributed by atoms with E-state index in [0.717, 1.165) is 16.9 Å². The molecule has 0 radical (unpaired) electrons. The van der Waals surface area contributed by atoms with Crippen LogP contribution in [0, 0.1) is 0 Å². The molecule has 3 nitrogen and oxygen atoms in total. The van der Waals surface area contributed by atoms with Crippen molar-refractivity contribution in [3.05, 3.63) is 50.8 Å². The highest BCUT2D eigenvalue weighted by Gasteiger charge is 2.16. The summed E-state index contributed by atoms with van der Waals surface area (Å²) in [5, 5.41) is 1.11. The molecule has 0 bridgehead atoms. The molecule has 0 aliphatic carbocycles. The van der Waals surface area contributed by atoms with E-state index < -0.39 is 10.0 Å². The maximum atomic E-state index is 12.1. The molecule has 0 fully saturated rings. The van der Waals surface area contributed by atoms with Crippen molar-refractivity contribution in [1.82, 2.24) is 4.72 Å². The molecule has 21 heavy (non-hydrogen) atoms. The third-order valence-electron chi connectivity index (χ3n) is 2.95. The molecule has 1 aromatic carbocycles. The average molecular weight is 364 g/mol. The summed E-state index contributed by atoms with van der Waals surface area (Å²) in [6, 6.07) is 8.68. The maximum absolute atomic E-state index is 12.1. The van der Waals surface area contributed by atoms with Gasteiger partial charge >= 0.3 is 0 Å². The number of nitrogens with one attached hydrogen (secondary N) is 1. The van der Waals surface area contributed by atoms with Crippen LogP contribution in [0.3, 0.4) is 0 Å². The van der Waals surface area contributed by atoms with E-state index in [9.17, 15) is 8.42 Å². The minimum Gasteiger partial charge on any atom is -0.210 e. The largest absolute Gasteiger partial charge is 0.250 e. The summed E-state index contributed by atoms with van der Waals surface area (Å²) >= 11 is 13.2. The van der Waals surface area contributed by atoms with E-state index in [0.29, 0.717) is 27.2 Å². The summed E-state index contributed by atoms with van der Waals surface area (Å²) in [6.45, 7) is 2.29. The average Bonchev–Trinajstić information content (AvgIpc) is 2.91. The van der Waals surface area contributed by atoms with Gasteiger partial charge in [-0.15, -0.1) is 11.3 Å². The van der Waals surface area contributed by atoms with Crippen LogP contribution in [0.15, 0.2) is 34.5 Å². The second kappa shape index (κ2) is 7.11. The van der Waals surface area contributed by atoms with Gasteiger partial charge in [0.15, 0.2) is 0 Å². The number of rotatable bonds is 6. The van der Waals surface area contributed by atoms with Crippen molar-refractivity contribution in [3.8, 4) is 0 Å². The molecular weight excluding hydrogens is 349 g/mol. The van der Waals surface area contributed by atoms with Gasteiger partial charge in [-0.25, -0.2) is 13.1 Å². The molecule has 2 aromatic rings. The minimum atomic E-state index is -3.44. The first-order chi connectivity index (χ1) is 9.92. The van der Waals surface area contributed by atoms with E-state index in [4.69, 9.17) is 23.2 Å². The summed E-state index contributed by atoms with van der Waals surface area (Å²) in [7, 11) is -3.44. The normalized spacial score (nSPS) is 11.8. The minimum absolute atomic E-state index is 0.295. The fourth-order valence-corrected chi connectivity index (χ4v) is 4.68. The molecule has 1 N–H and O–H groups in total. The van der Waals surface area contributed by atoms with Crippen LogP contribution in [0.4, 0.5) is 0 Å². The molecule has 2 rings (SSSR count). The smallest absolute Gasteiger partial charge is 0.210 e. The first-order valence-electron chi connectivity index (χ1n) is 6.44. The first-order valence-corrected chi connectivity index (χ1v) is 9.50. The quantitative estimate of drug-likeness (QED) is 0.838. The fraction of sp³-hybridized carbons (Fsp3) is 0.286. The molecule has 1 heterocycles. The number of sulfonamides is 1. The molecule has 1 aromatic heterocycles. The molecule has 7 heteroatoms. The molecule has 0 aliphatic rings. The Kier molecular flexibility index (Phi) is 5.68. The van der Waals surface area contributed by atoms with E-state index in [2.05, 4.69) is 4.72 Å². The van der Waals surface area contributed by atoms with Crippen molar-refractivity contribution in [3.63, 3.8) is 0 Å². The number of hydrogen-bond acceptors (Lipinski definition) is 3. The molecule has 0 atom stereocenters. The van der Waals surface area contributed by atoms with Crippen LogP contribution < -0.4 is 4.72 Å². The highest BCUT2D eigenvalue weighted by Crippen LogP contribution is 2.23. The number of aryl methyl sites for hydroxylation is 1. The van der Waals surface area contributed by atoms with Gasteiger partial charge in [0.05, 0.1) is 0 Å². The van der Waals surface area contributed by atoms with Crippen LogP contribution in [0.2, 0.25) is 10.0 Å². The summed E-state index contributed by atoms with van der Waals surface area (Å²) in [4.78, 5) is 1.05. The summed E-state index contributed by atoms with van der Waals surface area (Å²) in [5.74, 6) is 0. The lowest BCUT2D eigenvalue weighted by Crippen LogP contribution is -2.25. The number of halogens is 2. The zero-order valence-electron chi connectivity index (χ0n) is 11.4. The van der Waals surface area contributed by atoms with E-state index in [1.165, 1.54) is 11.3 Å². The highest BCUT2D eigenvalue weighted by molar-refractivity contribution is 7.91. The van der Waals surface area contributed by atoms with Gasteiger partial charge in [0.25, 0.3) is 0 Å². The molecular formula is C14H15Cl2NO2S2. The summed E-state index contributed by atoms with van der Waals surface area (Å²) in [6.07, 6.45) is 1.35. The zero-order chi connectivity index (χ0) is 15.5. The van der Waals surface area contributed by atoms with E-state index in [1.54, 1.807) is 24.3 Å². The Balaban J connectivity index is 1.99. The van der Waals surface area contributed by atoms with Crippen LogP contribution >= 0.6 is 34.5 Å². The number of benzene rings is 1. The molecule has 0 unspecified atom stereocenters. The van der Waals surface area contributed by atoms with Crippen molar-refractivity contribution in [2.75, 3.05) is 6.54 Å². The van der Waals surface area contributed by atoms with Gasteiger partial charge in [-0.1, -0.05) is 36.2 Å². The molecule has 0 amide bonds. The van der Waals surface area contributed by atoms with Gasteiger partial charge in [0.1, 0.15) is 4.21 Å². The molecule has 0 aliphatic heterocycles. The predicted molar refractivity (Wildman–Crippen MR) is 89.1 cm³/mol. The van der Waals surface area contributed by atoms with Crippen molar-refractivity contribution in [1.29, 1.82) is 0 Å². The van der Waals surface area contributed by atoms with E-state index >= 15 is 0 Å². The van der Waals surface area contributed by atoms with Crippen molar-refractivity contribution < 1.29 is 8.42 Å². The number of thiophene rings is 1. The standard InChI is InChI=1S/C14H15Cl2NO2S2/c1-2-12-5-6-14(20-12)21(18,19)17-8-7-10-3-4-11(15)9-13(10)16/h3-6,9,17H,2,7-8H2,1H3. The van der Waals surface area contributed by atoms with Gasteiger partial charge < -0.3 is 0 Å². The van der Waals surface area contributed by atoms with Crippen LogP contribution in [0.25, 0.3) is 0 Å². The summed E-state index contributed by atoms with van der Waals surface area (Å²) in [5.41, 5.74) is 0.865. The monoisotopic (exact) mass is 363 g/mol. The molecule has 0 saturated heterocycles. The van der Waals surface area contributed by atoms with Crippen LogP contribution in [-0.2, 0) is 22.9 Å². The Bertz CT molecular complexity index is 726. The predicted octanol–water partition coefficient (Wildman–Crippen LogP) is 4.14. The second-order valence-corrected chi connectivity index (χ2v) is 8.46. The van der Waals surface area contributed by atoms with Crippen molar-refractivity contribution >= 4 is 44.6 Å². The lowest BCUT2D eigenvalue weighted by atomic mass is 10.1.